The van der Waals surface area contributed by atoms with Crippen LogP contribution in [0.4, 0.5) is 0 Å². The summed E-state index contributed by atoms with van der Waals surface area (Å²) >= 11 is 0. The largest absolute Gasteiger partial charge is 0.477 e. The molecule has 2 fully saturated rings. The highest BCUT2D eigenvalue weighted by Gasteiger charge is 2.58. The SMILES string of the molecule is C/C=C1/C(=O)N2C(C(=O)O)=C3[C@@H](OC)CCC[C@@H]3C12. The number of rotatable bonds is 2. The fourth-order valence-electron chi connectivity index (χ4n) is 3.74. The van der Waals surface area contributed by atoms with Gasteiger partial charge >= 0.3 is 5.97 Å². The van der Waals surface area contributed by atoms with Crippen molar-refractivity contribution < 1.29 is 19.4 Å². The van der Waals surface area contributed by atoms with Crippen molar-refractivity contribution in [2.24, 2.45) is 5.92 Å². The lowest BCUT2D eigenvalue weighted by Gasteiger charge is -2.41. The summed E-state index contributed by atoms with van der Waals surface area (Å²) in [6, 6.07) is -0.0726. The van der Waals surface area contributed by atoms with Gasteiger partial charge in [0.05, 0.1) is 12.1 Å². The lowest BCUT2D eigenvalue weighted by molar-refractivity contribution is -0.142. The molecule has 2 heterocycles. The molecular formula is C14H17NO4. The van der Waals surface area contributed by atoms with Gasteiger partial charge in [-0.1, -0.05) is 6.08 Å². The van der Waals surface area contributed by atoms with E-state index in [0.29, 0.717) is 0 Å². The van der Waals surface area contributed by atoms with Crippen molar-refractivity contribution in [2.75, 3.05) is 7.11 Å². The van der Waals surface area contributed by atoms with Gasteiger partial charge in [0.2, 0.25) is 0 Å². The Morgan fingerprint density at radius 2 is 2.21 bits per heavy atom. The van der Waals surface area contributed by atoms with E-state index in [2.05, 4.69) is 0 Å². The molecule has 102 valence electrons. The Balaban J connectivity index is 2.10. The first-order valence-corrected chi connectivity index (χ1v) is 6.61. The van der Waals surface area contributed by atoms with Crippen LogP contribution in [0.2, 0.25) is 0 Å². The van der Waals surface area contributed by atoms with E-state index in [1.54, 1.807) is 7.11 Å². The van der Waals surface area contributed by atoms with E-state index in [1.807, 2.05) is 13.0 Å². The summed E-state index contributed by atoms with van der Waals surface area (Å²) in [4.78, 5) is 25.0. The Kier molecular flexibility index (Phi) is 2.74. The van der Waals surface area contributed by atoms with Gasteiger partial charge in [-0.25, -0.2) is 4.79 Å². The lowest BCUT2D eigenvalue weighted by atomic mass is 9.75. The molecule has 1 N–H and O–H groups in total. The minimum absolute atomic E-state index is 0.0726. The summed E-state index contributed by atoms with van der Waals surface area (Å²) in [6.07, 6.45) is 4.41. The minimum Gasteiger partial charge on any atom is -0.477 e. The average Bonchev–Trinajstić information content (AvgIpc) is 2.70. The molecule has 0 aromatic carbocycles. The highest BCUT2D eigenvalue weighted by atomic mass is 16.5. The van der Waals surface area contributed by atoms with Gasteiger partial charge in [0.15, 0.2) is 0 Å². The number of ether oxygens (including phenoxy) is 1. The van der Waals surface area contributed by atoms with E-state index >= 15 is 0 Å². The Bertz CT molecular complexity index is 520. The molecule has 3 rings (SSSR count). The first kappa shape index (κ1) is 12.4. The number of hydrogen-bond acceptors (Lipinski definition) is 3. The topological polar surface area (TPSA) is 66.8 Å². The van der Waals surface area contributed by atoms with Crippen molar-refractivity contribution >= 4 is 11.9 Å². The molecule has 19 heavy (non-hydrogen) atoms. The van der Waals surface area contributed by atoms with Crippen molar-refractivity contribution in [2.45, 2.75) is 38.3 Å². The molecule has 1 unspecified atom stereocenters. The number of allylic oxidation sites excluding steroid dienone is 1. The van der Waals surface area contributed by atoms with Crippen LogP contribution < -0.4 is 0 Å². The van der Waals surface area contributed by atoms with E-state index in [1.165, 1.54) is 4.90 Å². The van der Waals surface area contributed by atoms with E-state index in [4.69, 9.17) is 4.74 Å². The van der Waals surface area contributed by atoms with Gasteiger partial charge in [0, 0.05) is 18.6 Å². The molecule has 0 bridgehead atoms. The van der Waals surface area contributed by atoms with E-state index in [9.17, 15) is 14.7 Å². The third-order valence-electron chi connectivity index (χ3n) is 4.48. The maximum atomic E-state index is 12.0. The smallest absolute Gasteiger partial charge is 0.352 e. The Hall–Kier alpha value is -1.62. The number of carboxylic acids is 1. The van der Waals surface area contributed by atoms with E-state index < -0.39 is 5.97 Å². The summed E-state index contributed by atoms with van der Waals surface area (Å²) in [7, 11) is 1.60. The highest BCUT2D eigenvalue weighted by molar-refractivity contribution is 6.09. The minimum atomic E-state index is -1.02. The van der Waals surface area contributed by atoms with Gasteiger partial charge in [0.25, 0.3) is 5.91 Å². The number of β-lactam (4-membered cyclic amide) rings is 1. The maximum Gasteiger partial charge on any atom is 0.352 e. The summed E-state index contributed by atoms with van der Waals surface area (Å²) in [5.74, 6) is -1.06. The number of carbonyl (C=O) groups is 2. The summed E-state index contributed by atoms with van der Waals surface area (Å²) in [5, 5.41) is 9.44. The Morgan fingerprint density at radius 1 is 1.47 bits per heavy atom. The predicted octanol–water partition coefficient (Wildman–Crippen LogP) is 1.31. The standard InChI is InChI=1S/C14H17NO4/c1-3-7-11-8-5-4-6-9(19-2)10(8)12(14(17)18)15(11)13(7)16/h3,8-9,11H,4-6H2,1-2H3,(H,17,18)/b7-3+/t8-,9-,11?/m0/s1. The molecule has 3 aliphatic rings. The van der Waals surface area contributed by atoms with Crippen LogP contribution >= 0.6 is 0 Å². The van der Waals surface area contributed by atoms with Gasteiger partial charge in [-0.3, -0.25) is 9.69 Å². The fraction of sp³-hybridized carbons (Fsp3) is 0.571. The number of carboxylic acid groups (broad SMARTS) is 1. The number of hydrogen-bond donors (Lipinski definition) is 1. The lowest BCUT2D eigenvalue weighted by Crippen LogP contribution is -2.54. The number of methoxy groups -OCH3 is 1. The average molecular weight is 263 g/mol. The third-order valence-corrected chi connectivity index (χ3v) is 4.48. The molecule has 3 atom stereocenters. The van der Waals surface area contributed by atoms with Crippen molar-refractivity contribution in [1.82, 2.24) is 4.90 Å². The van der Waals surface area contributed by atoms with Crippen molar-refractivity contribution in [3.05, 3.63) is 22.9 Å². The van der Waals surface area contributed by atoms with Crippen molar-refractivity contribution in [3.63, 3.8) is 0 Å². The van der Waals surface area contributed by atoms with Crippen LogP contribution in [0, 0.1) is 5.92 Å². The van der Waals surface area contributed by atoms with Gasteiger partial charge < -0.3 is 9.84 Å². The molecule has 0 aromatic heterocycles. The van der Waals surface area contributed by atoms with Crippen molar-refractivity contribution in [3.8, 4) is 0 Å². The second kappa shape index (κ2) is 4.20. The number of carbonyl (C=O) groups excluding carboxylic acids is 1. The van der Waals surface area contributed by atoms with Crippen LogP contribution in [0.25, 0.3) is 0 Å². The number of fused-ring (bicyclic) bond motifs is 3. The van der Waals surface area contributed by atoms with Gasteiger partial charge in [-0.05, 0) is 31.8 Å². The quantitative estimate of drug-likeness (QED) is 0.602. The van der Waals surface area contributed by atoms with Gasteiger partial charge in [0.1, 0.15) is 5.70 Å². The molecule has 0 radical (unpaired) electrons. The fourth-order valence-corrected chi connectivity index (χ4v) is 3.74. The zero-order valence-electron chi connectivity index (χ0n) is 11.0. The second-order valence-electron chi connectivity index (χ2n) is 5.23. The van der Waals surface area contributed by atoms with E-state index in [0.717, 1.165) is 30.4 Å². The second-order valence-corrected chi connectivity index (χ2v) is 5.23. The molecule has 1 saturated carbocycles. The molecule has 0 aromatic rings. The first-order chi connectivity index (χ1) is 9.11. The molecule has 5 heteroatoms. The van der Waals surface area contributed by atoms with Crippen LogP contribution in [0.3, 0.4) is 0 Å². The third kappa shape index (κ3) is 1.45. The van der Waals surface area contributed by atoms with E-state index in [-0.39, 0.29) is 29.7 Å². The number of nitrogens with zero attached hydrogens (tertiary/aromatic N) is 1. The molecule has 1 saturated heterocycles. The predicted molar refractivity (Wildman–Crippen MR) is 67.2 cm³/mol. The van der Waals surface area contributed by atoms with Crippen LogP contribution in [-0.2, 0) is 14.3 Å². The Labute approximate surface area is 111 Å². The monoisotopic (exact) mass is 263 g/mol. The molecular weight excluding hydrogens is 246 g/mol. The molecule has 0 spiro atoms. The first-order valence-electron chi connectivity index (χ1n) is 6.61. The zero-order valence-corrected chi connectivity index (χ0v) is 11.0. The zero-order chi connectivity index (χ0) is 13.7. The molecule has 5 nitrogen and oxygen atoms in total. The Morgan fingerprint density at radius 3 is 2.79 bits per heavy atom. The van der Waals surface area contributed by atoms with Gasteiger partial charge in [-0.2, -0.15) is 0 Å². The molecule has 1 amide bonds. The number of aliphatic carboxylic acids is 1. The maximum absolute atomic E-state index is 12.0. The van der Waals surface area contributed by atoms with Crippen LogP contribution in [0.15, 0.2) is 22.9 Å². The number of amides is 1. The molecule has 2 aliphatic heterocycles. The highest BCUT2D eigenvalue weighted by Crippen LogP contribution is 2.51. The normalized spacial score (nSPS) is 35.3. The van der Waals surface area contributed by atoms with Crippen LogP contribution in [-0.4, -0.2) is 41.1 Å². The van der Waals surface area contributed by atoms with Crippen LogP contribution in [0.5, 0.6) is 0 Å². The molecule has 1 aliphatic carbocycles. The van der Waals surface area contributed by atoms with Crippen molar-refractivity contribution in [1.29, 1.82) is 0 Å². The van der Waals surface area contributed by atoms with Crippen LogP contribution in [0.1, 0.15) is 26.2 Å². The summed E-state index contributed by atoms with van der Waals surface area (Å²) in [5.41, 5.74) is 1.73. The summed E-state index contributed by atoms with van der Waals surface area (Å²) < 4.78 is 5.44. The summed E-state index contributed by atoms with van der Waals surface area (Å²) in [6.45, 7) is 1.83. The van der Waals surface area contributed by atoms with Gasteiger partial charge in [-0.15, -0.1) is 0 Å².